The summed E-state index contributed by atoms with van der Waals surface area (Å²) >= 11 is 0. The monoisotopic (exact) mass is 384 g/mol. The van der Waals surface area contributed by atoms with Crippen LogP contribution in [0.15, 0.2) is 39.8 Å². The van der Waals surface area contributed by atoms with Crippen molar-refractivity contribution < 1.29 is 4.52 Å². The van der Waals surface area contributed by atoms with E-state index in [9.17, 15) is 0 Å². The number of guanidine groups is 1. The molecule has 3 rings (SSSR count). The molecule has 1 aromatic heterocycles. The predicted octanol–water partition coefficient (Wildman–Crippen LogP) is 2.57. The molecule has 1 aromatic carbocycles. The maximum absolute atomic E-state index is 5.29. The highest BCUT2D eigenvalue weighted by Gasteiger charge is 2.20. The van der Waals surface area contributed by atoms with Crippen molar-refractivity contribution in [2.45, 2.75) is 51.6 Å². The summed E-state index contributed by atoms with van der Waals surface area (Å²) in [5.74, 6) is 2.55. The molecular formula is C21H32N6O. The Bertz CT molecular complexity index is 734. The van der Waals surface area contributed by atoms with Gasteiger partial charge in [-0.25, -0.2) is 0 Å². The molecule has 0 aliphatic carbocycles. The fourth-order valence-corrected chi connectivity index (χ4v) is 3.36. The SMILES string of the molecule is CN=C(NCCc1nc(C(C)C)no1)NC1CCN(Cc2ccccc2)CC1. The standard InChI is InChI=1S/C21H32N6O/c1-16(2)20-25-19(28-26-20)9-12-23-21(22-3)24-18-10-13-27(14-11-18)15-17-7-5-4-6-8-17/h4-8,16,18H,9-15H2,1-3H3,(H2,22,23,24). The summed E-state index contributed by atoms with van der Waals surface area (Å²) in [6.45, 7) is 8.07. The minimum Gasteiger partial charge on any atom is -0.356 e. The van der Waals surface area contributed by atoms with Crippen LogP contribution in [0, 0.1) is 0 Å². The van der Waals surface area contributed by atoms with Gasteiger partial charge in [-0.05, 0) is 18.4 Å². The molecule has 1 aliphatic rings. The van der Waals surface area contributed by atoms with E-state index in [0.29, 0.717) is 24.9 Å². The lowest BCUT2D eigenvalue weighted by molar-refractivity contribution is 0.198. The largest absolute Gasteiger partial charge is 0.356 e. The third kappa shape index (κ3) is 6.05. The van der Waals surface area contributed by atoms with Crippen LogP contribution < -0.4 is 10.6 Å². The average Bonchev–Trinajstić information content (AvgIpc) is 3.19. The first-order valence-electron chi connectivity index (χ1n) is 10.2. The van der Waals surface area contributed by atoms with E-state index in [4.69, 9.17) is 4.52 Å². The van der Waals surface area contributed by atoms with Gasteiger partial charge >= 0.3 is 0 Å². The van der Waals surface area contributed by atoms with Gasteiger partial charge in [0.05, 0.1) is 0 Å². The van der Waals surface area contributed by atoms with Crippen molar-refractivity contribution in [2.75, 3.05) is 26.7 Å². The maximum Gasteiger partial charge on any atom is 0.228 e. The van der Waals surface area contributed by atoms with E-state index in [0.717, 1.165) is 44.3 Å². The van der Waals surface area contributed by atoms with Crippen LogP contribution in [0.5, 0.6) is 0 Å². The molecule has 2 heterocycles. The quantitative estimate of drug-likeness (QED) is 0.564. The van der Waals surface area contributed by atoms with Crippen LogP contribution in [0.2, 0.25) is 0 Å². The minimum absolute atomic E-state index is 0.285. The summed E-state index contributed by atoms with van der Waals surface area (Å²) < 4.78 is 5.29. The van der Waals surface area contributed by atoms with Gasteiger partial charge in [0.2, 0.25) is 5.89 Å². The zero-order valence-corrected chi connectivity index (χ0v) is 17.2. The second-order valence-electron chi connectivity index (χ2n) is 7.63. The summed E-state index contributed by atoms with van der Waals surface area (Å²) in [5.41, 5.74) is 1.38. The number of benzene rings is 1. The number of rotatable bonds is 7. The second kappa shape index (κ2) is 10.2. The van der Waals surface area contributed by atoms with Crippen LogP contribution in [-0.4, -0.2) is 53.7 Å². The number of aliphatic imine (C=N–C) groups is 1. The molecule has 7 heteroatoms. The van der Waals surface area contributed by atoms with Gasteiger partial charge in [-0.15, -0.1) is 0 Å². The Labute approximate surface area is 167 Å². The van der Waals surface area contributed by atoms with Gasteiger partial charge in [0.25, 0.3) is 0 Å². The number of likely N-dealkylation sites (tertiary alicyclic amines) is 1. The Hall–Kier alpha value is -2.41. The summed E-state index contributed by atoms with van der Waals surface area (Å²) in [4.78, 5) is 11.3. The van der Waals surface area contributed by atoms with Crippen molar-refractivity contribution in [3.05, 3.63) is 47.6 Å². The number of nitrogens with zero attached hydrogens (tertiary/aromatic N) is 4. The van der Waals surface area contributed by atoms with Crippen LogP contribution in [0.3, 0.4) is 0 Å². The number of piperidine rings is 1. The molecule has 0 spiro atoms. The van der Waals surface area contributed by atoms with E-state index in [1.807, 2.05) is 7.05 Å². The molecule has 152 valence electrons. The Kier molecular flexibility index (Phi) is 7.42. The lowest BCUT2D eigenvalue weighted by Gasteiger charge is -2.33. The van der Waals surface area contributed by atoms with Gasteiger partial charge < -0.3 is 15.2 Å². The first kappa shape index (κ1) is 20.3. The first-order valence-corrected chi connectivity index (χ1v) is 10.2. The normalized spacial score (nSPS) is 16.5. The molecule has 0 saturated carbocycles. The van der Waals surface area contributed by atoms with Gasteiger partial charge in [-0.3, -0.25) is 9.89 Å². The minimum atomic E-state index is 0.285. The Morgan fingerprint density at radius 3 is 2.64 bits per heavy atom. The third-order valence-electron chi connectivity index (χ3n) is 5.03. The molecule has 0 atom stereocenters. The topological polar surface area (TPSA) is 78.6 Å². The fraction of sp³-hybridized carbons (Fsp3) is 0.571. The Balaban J connectivity index is 1.37. The van der Waals surface area contributed by atoms with Crippen LogP contribution >= 0.6 is 0 Å². The first-order chi connectivity index (χ1) is 13.6. The number of hydrogen-bond acceptors (Lipinski definition) is 5. The molecule has 0 unspecified atom stereocenters. The lowest BCUT2D eigenvalue weighted by atomic mass is 10.0. The Morgan fingerprint density at radius 1 is 1.25 bits per heavy atom. The zero-order chi connectivity index (χ0) is 19.8. The molecule has 1 saturated heterocycles. The molecule has 28 heavy (non-hydrogen) atoms. The van der Waals surface area contributed by atoms with Crippen molar-refractivity contribution in [3.8, 4) is 0 Å². The van der Waals surface area contributed by atoms with Crippen LogP contribution in [0.4, 0.5) is 0 Å². The van der Waals surface area contributed by atoms with E-state index in [-0.39, 0.29) is 5.92 Å². The number of nitrogens with one attached hydrogen (secondary N) is 2. The van der Waals surface area contributed by atoms with Gasteiger partial charge in [0.1, 0.15) is 0 Å². The lowest BCUT2D eigenvalue weighted by Crippen LogP contribution is -2.48. The molecule has 0 bridgehead atoms. The van der Waals surface area contributed by atoms with Crippen LogP contribution in [0.25, 0.3) is 0 Å². The van der Waals surface area contributed by atoms with Crippen molar-refractivity contribution in [2.24, 2.45) is 4.99 Å². The van der Waals surface area contributed by atoms with Gasteiger partial charge in [0.15, 0.2) is 11.8 Å². The summed E-state index contributed by atoms with van der Waals surface area (Å²) in [7, 11) is 1.81. The van der Waals surface area contributed by atoms with Crippen molar-refractivity contribution >= 4 is 5.96 Å². The summed E-state index contributed by atoms with van der Waals surface area (Å²) in [6.07, 6.45) is 2.93. The maximum atomic E-state index is 5.29. The van der Waals surface area contributed by atoms with Crippen LogP contribution in [0.1, 0.15) is 49.9 Å². The van der Waals surface area contributed by atoms with Gasteiger partial charge in [0, 0.05) is 51.6 Å². The van der Waals surface area contributed by atoms with Crippen molar-refractivity contribution in [3.63, 3.8) is 0 Å². The average molecular weight is 385 g/mol. The van der Waals surface area contributed by atoms with Crippen LogP contribution in [-0.2, 0) is 13.0 Å². The molecule has 0 amide bonds. The third-order valence-corrected chi connectivity index (χ3v) is 5.03. The zero-order valence-electron chi connectivity index (χ0n) is 17.2. The molecule has 1 fully saturated rings. The number of aromatic nitrogens is 2. The Morgan fingerprint density at radius 2 is 2.00 bits per heavy atom. The highest BCUT2D eigenvalue weighted by Crippen LogP contribution is 2.14. The summed E-state index contributed by atoms with van der Waals surface area (Å²) in [6, 6.07) is 11.1. The highest BCUT2D eigenvalue weighted by molar-refractivity contribution is 5.79. The second-order valence-corrected chi connectivity index (χ2v) is 7.63. The fourth-order valence-electron chi connectivity index (χ4n) is 3.36. The molecule has 2 N–H and O–H groups in total. The van der Waals surface area contributed by atoms with E-state index < -0.39 is 0 Å². The molecule has 1 aliphatic heterocycles. The predicted molar refractivity (Wildman–Crippen MR) is 111 cm³/mol. The highest BCUT2D eigenvalue weighted by atomic mass is 16.5. The van der Waals surface area contributed by atoms with E-state index in [1.54, 1.807) is 0 Å². The molecular weight excluding hydrogens is 352 g/mol. The number of hydrogen-bond donors (Lipinski definition) is 2. The van der Waals surface area contributed by atoms with Crippen molar-refractivity contribution in [1.29, 1.82) is 0 Å². The van der Waals surface area contributed by atoms with Crippen molar-refractivity contribution in [1.82, 2.24) is 25.7 Å². The van der Waals surface area contributed by atoms with Gasteiger partial charge in [-0.1, -0.05) is 49.3 Å². The van der Waals surface area contributed by atoms with E-state index in [2.05, 4.69) is 74.8 Å². The smallest absolute Gasteiger partial charge is 0.228 e. The summed E-state index contributed by atoms with van der Waals surface area (Å²) in [5, 5.41) is 10.9. The van der Waals surface area contributed by atoms with E-state index in [1.165, 1.54) is 5.56 Å². The van der Waals surface area contributed by atoms with Gasteiger partial charge in [-0.2, -0.15) is 4.98 Å². The molecule has 0 radical (unpaired) electrons. The molecule has 2 aromatic rings. The van der Waals surface area contributed by atoms with E-state index >= 15 is 0 Å². The molecule has 7 nitrogen and oxygen atoms in total.